The van der Waals surface area contributed by atoms with E-state index in [0.717, 1.165) is 24.2 Å². The van der Waals surface area contributed by atoms with Gasteiger partial charge in [-0.05, 0) is 12.0 Å². The van der Waals surface area contributed by atoms with Crippen molar-refractivity contribution in [2.75, 3.05) is 11.9 Å². The number of aromatic nitrogens is 2. The third-order valence-corrected chi connectivity index (χ3v) is 3.62. The highest BCUT2D eigenvalue weighted by Gasteiger charge is 2.25. The lowest BCUT2D eigenvalue weighted by atomic mass is 10.0. The maximum atomic E-state index is 14.7. The Kier molecular flexibility index (Phi) is 2.74. The van der Waals surface area contributed by atoms with E-state index in [1.165, 1.54) is 10.9 Å². The molecule has 1 aliphatic heterocycles. The molecule has 1 aromatic carbocycles. The number of hydrogen-bond donors (Lipinski definition) is 1. The van der Waals surface area contributed by atoms with E-state index in [0.29, 0.717) is 16.3 Å². The predicted molar refractivity (Wildman–Crippen MR) is 69.8 cm³/mol. The van der Waals surface area contributed by atoms with Gasteiger partial charge in [-0.15, -0.1) is 0 Å². The zero-order chi connectivity index (χ0) is 12.7. The Hall–Kier alpha value is -1.55. The number of hydrogen-bond acceptors (Lipinski definition) is 2. The van der Waals surface area contributed by atoms with Crippen LogP contribution in [0.25, 0.3) is 0 Å². The molecule has 3 rings (SSSR count). The van der Waals surface area contributed by atoms with Crippen molar-refractivity contribution in [2.45, 2.75) is 12.6 Å². The molecule has 0 saturated heterocycles. The number of fused-ring (bicyclic) bond motifs is 1. The number of anilines is 1. The number of nitrogens with one attached hydrogen (secondary N) is 1. The van der Waals surface area contributed by atoms with Crippen LogP contribution < -0.4 is 5.32 Å². The summed E-state index contributed by atoms with van der Waals surface area (Å²) in [6.07, 6.45) is 1.15. The van der Waals surface area contributed by atoms with E-state index in [1.807, 2.05) is 12.1 Å². The zero-order valence-electron chi connectivity index (χ0n) is 9.95. The molecule has 0 fully saturated rings. The van der Waals surface area contributed by atoms with Crippen molar-refractivity contribution in [3.05, 3.63) is 46.2 Å². The third kappa shape index (κ3) is 1.68. The van der Waals surface area contributed by atoms with Crippen LogP contribution in [0, 0.1) is 0 Å². The lowest BCUT2D eigenvalue weighted by Gasteiger charge is -2.14. The summed E-state index contributed by atoms with van der Waals surface area (Å²) in [5, 5.41) is 7.58. The van der Waals surface area contributed by atoms with E-state index in [4.69, 9.17) is 11.6 Å². The van der Waals surface area contributed by atoms with Crippen molar-refractivity contribution < 1.29 is 4.39 Å². The lowest BCUT2D eigenvalue weighted by Crippen LogP contribution is -2.06. The minimum absolute atomic E-state index is 0.362. The van der Waals surface area contributed by atoms with Crippen LogP contribution in [0.1, 0.15) is 23.0 Å². The average molecular weight is 266 g/mol. The smallest absolute Gasteiger partial charge is 0.170 e. The molecule has 1 aromatic heterocycles. The molecule has 94 valence electrons. The fourth-order valence-electron chi connectivity index (χ4n) is 2.43. The molecule has 1 aliphatic rings. The fourth-order valence-corrected chi connectivity index (χ4v) is 2.69. The van der Waals surface area contributed by atoms with Crippen LogP contribution in [-0.4, -0.2) is 16.3 Å². The van der Waals surface area contributed by atoms with Crippen LogP contribution >= 0.6 is 11.6 Å². The van der Waals surface area contributed by atoms with Crippen molar-refractivity contribution >= 4 is 17.3 Å². The van der Waals surface area contributed by atoms with Gasteiger partial charge in [-0.1, -0.05) is 29.8 Å². The van der Waals surface area contributed by atoms with E-state index in [1.54, 1.807) is 13.1 Å². The molecular weight excluding hydrogens is 253 g/mol. The van der Waals surface area contributed by atoms with E-state index >= 15 is 0 Å². The van der Waals surface area contributed by atoms with E-state index < -0.39 is 6.17 Å². The first-order chi connectivity index (χ1) is 8.68. The Labute approximate surface area is 110 Å². The summed E-state index contributed by atoms with van der Waals surface area (Å²) in [6.45, 7) is 0.859. The van der Waals surface area contributed by atoms with Crippen LogP contribution in [0.2, 0.25) is 5.02 Å². The van der Waals surface area contributed by atoms with Gasteiger partial charge in [0, 0.05) is 24.8 Å². The van der Waals surface area contributed by atoms with Crippen LogP contribution in [0.3, 0.4) is 0 Å². The topological polar surface area (TPSA) is 29.9 Å². The van der Waals surface area contributed by atoms with Gasteiger partial charge in [-0.2, -0.15) is 5.10 Å². The Balaban J connectivity index is 2.08. The molecule has 0 spiro atoms. The average Bonchev–Trinajstić information content (AvgIpc) is 2.95. The number of halogens is 2. The van der Waals surface area contributed by atoms with E-state index in [9.17, 15) is 4.39 Å². The first kappa shape index (κ1) is 11.5. The molecule has 0 amide bonds. The Bertz CT molecular complexity index is 574. The summed E-state index contributed by atoms with van der Waals surface area (Å²) in [7, 11) is 1.70. The van der Waals surface area contributed by atoms with Crippen LogP contribution in [-0.2, 0) is 13.5 Å². The molecular formula is C13H13ClFN3. The zero-order valence-corrected chi connectivity index (χ0v) is 10.7. The number of nitrogens with zero attached hydrogens (tertiary/aromatic N) is 2. The summed E-state index contributed by atoms with van der Waals surface area (Å²) in [4.78, 5) is 0. The van der Waals surface area contributed by atoms with Crippen molar-refractivity contribution in [3.63, 3.8) is 0 Å². The van der Waals surface area contributed by atoms with Gasteiger partial charge in [-0.3, -0.25) is 4.68 Å². The molecule has 0 bridgehead atoms. The molecule has 0 aliphatic carbocycles. The highest BCUT2D eigenvalue weighted by Crippen LogP contribution is 2.38. The van der Waals surface area contributed by atoms with Gasteiger partial charge in [0.25, 0.3) is 0 Å². The molecule has 2 aromatic rings. The minimum atomic E-state index is -1.26. The molecule has 1 unspecified atom stereocenters. The maximum Gasteiger partial charge on any atom is 0.170 e. The molecule has 5 heteroatoms. The van der Waals surface area contributed by atoms with Gasteiger partial charge in [0.1, 0.15) is 0 Å². The van der Waals surface area contributed by atoms with Crippen molar-refractivity contribution in [2.24, 2.45) is 7.05 Å². The van der Waals surface area contributed by atoms with Crippen molar-refractivity contribution in [3.8, 4) is 0 Å². The second kappa shape index (κ2) is 4.28. The minimum Gasteiger partial charge on any atom is -0.384 e. The number of rotatable bonds is 2. The predicted octanol–water partition coefficient (Wildman–Crippen LogP) is 3.10. The van der Waals surface area contributed by atoms with Gasteiger partial charge < -0.3 is 5.32 Å². The number of alkyl halides is 1. The Morgan fingerprint density at radius 2 is 2.33 bits per heavy atom. The molecule has 18 heavy (non-hydrogen) atoms. The van der Waals surface area contributed by atoms with Crippen LogP contribution in [0.15, 0.2) is 24.4 Å². The SMILES string of the molecule is Cn1ncc(Cl)c1C(F)c1cccc2c1NCC2. The van der Waals surface area contributed by atoms with Crippen molar-refractivity contribution in [1.29, 1.82) is 0 Å². The molecule has 2 heterocycles. The summed E-state index contributed by atoms with van der Waals surface area (Å²) in [6, 6.07) is 5.71. The molecule has 0 radical (unpaired) electrons. The normalized spacial score (nSPS) is 15.3. The van der Waals surface area contributed by atoms with Crippen LogP contribution in [0.5, 0.6) is 0 Å². The lowest BCUT2D eigenvalue weighted by molar-refractivity contribution is 0.381. The Morgan fingerprint density at radius 1 is 1.50 bits per heavy atom. The second-order valence-corrected chi connectivity index (χ2v) is 4.83. The Morgan fingerprint density at radius 3 is 3.06 bits per heavy atom. The summed E-state index contributed by atoms with van der Waals surface area (Å²) in [5.41, 5.74) is 3.10. The largest absolute Gasteiger partial charge is 0.384 e. The molecule has 0 saturated carbocycles. The van der Waals surface area contributed by atoms with Gasteiger partial charge in [0.15, 0.2) is 6.17 Å². The number of benzene rings is 1. The highest BCUT2D eigenvalue weighted by molar-refractivity contribution is 6.31. The third-order valence-electron chi connectivity index (χ3n) is 3.33. The summed E-state index contributed by atoms with van der Waals surface area (Å²) in [5.74, 6) is 0. The number of aryl methyl sites for hydroxylation is 1. The number of para-hydroxylation sites is 1. The standard InChI is InChI=1S/C13H13ClFN3/c1-18-13(10(14)7-17-18)11(15)9-4-2-3-8-5-6-16-12(8)9/h2-4,7,11,16H,5-6H2,1H3. The fraction of sp³-hybridized carbons (Fsp3) is 0.308. The van der Waals surface area contributed by atoms with Crippen molar-refractivity contribution in [1.82, 2.24) is 9.78 Å². The summed E-state index contributed by atoms with van der Waals surface area (Å²) >= 11 is 6.00. The van der Waals surface area contributed by atoms with Gasteiger partial charge in [0.05, 0.1) is 16.9 Å². The van der Waals surface area contributed by atoms with Crippen LogP contribution in [0.4, 0.5) is 10.1 Å². The van der Waals surface area contributed by atoms with E-state index in [-0.39, 0.29) is 0 Å². The highest BCUT2D eigenvalue weighted by atomic mass is 35.5. The van der Waals surface area contributed by atoms with Gasteiger partial charge >= 0.3 is 0 Å². The van der Waals surface area contributed by atoms with E-state index in [2.05, 4.69) is 10.4 Å². The quantitative estimate of drug-likeness (QED) is 0.904. The molecule has 3 nitrogen and oxygen atoms in total. The second-order valence-electron chi connectivity index (χ2n) is 4.42. The molecule has 1 atom stereocenters. The summed E-state index contributed by atoms with van der Waals surface area (Å²) < 4.78 is 16.2. The van der Waals surface area contributed by atoms with Gasteiger partial charge in [0.2, 0.25) is 0 Å². The maximum absolute atomic E-state index is 14.7. The first-order valence-corrected chi connectivity index (χ1v) is 6.23. The first-order valence-electron chi connectivity index (χ1n) is 5.85. The van der Waals surface area contributed by atoms with Gasteiger partial charge in [-0.25, -0.2) is 4.39 Å². The molecule has 1 N–H and O–H groups in total. The monoisotopic (exact) mass is 265 g/mol.